The molecule has 2 N–H and O–H groups in total. The van der Waals surface area contributed by atoms with Crippen molar-refractivity contribution in [2.45, 2.75) is 13.0 Å². The number of aliphatic hydroxyl groups is 1. The smallest absolute Gasteiger partial charge is 0.163 e. The zero-order valence-electron chi connectivity index (χ0n) is 8.68. The second-order valence-corrected chi connectivity index (χ2v) is 3.46. The van der Waals surface area contributed by atoms with E-state index in [4.69, 9.17) is 5.11 Å². The first-order chi connectivity index (χ1) is 7.22. The maximum Gasteiger partial charge on any atom is 0.163 e. The summed E-state index contributed by atoms with van der Waals surface area (Å²) < 4.78 is 1.69. The standard InChI is InChI=1S/C9H13N5O/c1-6(4-15)13-8-7-3-12-14(2)9(7)11-5-10-8/h3,5-6,15H,4H2,1-2H3,(H,10,11,13). The maximum absolute atomic E-state index is 8.95. The molecule has 1 unspecified atom stereocenters. The summed E-state index contributed by atoms with van der Waals surface area (Å²) >= 11 is 0. The molecule has 0 aliphatic rings. The molecule has 0 saturated heterocycles. The van der Waals surface area contributed by atoms with Crippen LogP contribution in [0.3, 0.4) is 0 Å². The van der Waals surface area contributed by atoms with Crippen molar-refractivity contribution in [1.29, 1.82) is 0 Å². The van der Waals surface area contributed by atoms with E-state index in [9.17, 15) is 0 Å². The van der Waals surface area contributed by atoms with Gasteiger partial charge in [-0.1, -0.05) is 0 Å². The summed E-state index contributed by atoms with van der Waals surface area (Å²) in [5.74, 6) is 0.703. The zero-order valence-corrected chi connectivity index (χ0v) is 8.68. The van der Waals surface area contributed by atoms with Gasteiger partial charge in [0.2, 0.25) is 0 Å². The van der Waals surface area contributed by atoms with Crippen LogP contribution in [0.25, 0.3) is 11.0 Å². The quantitative estimate of drug-likeness (QED) is 0.749. The summed E-state index contributed by atoms with van der Waals surface area (Å²) in [6, 6.07) is -0.0386. The molecule has 0 radical (unpaired) electrons. The predicted molar refractivity (Wildman–Crippen MR) is 56.5 cm³/mol. The number of anilines is 1. The number of aryl methyl sites for hydroxylation is 1. The molecule has 80 valence electrons. The Morgan fingerprint density at radius 1 is 1.53 bits per heavy atom. The molecule has 1 atom stereocenters. The average molecular weight is 207 g/mol. The Balaban J connectivity index is 2.43. The van der Waals surface area contributed by atoms with Gasteiger partial charge in [0.05, 0.1) is 18.2 Å². The minimum absolute atomic E-state index is 0.0386. The van der Waals surface area contributed by atoms with Crippen LogP contribution in [-0.2, 0) is 7.05 Å². The fourth-order valence-electron chi connectivity index (χ4n) is 1.36. The monoisotopic (exact) mass is 207 g/mol. The van der Waals surface area contributed by atoms with Crippen molar-refractivity contribution in [3.8, 4) is 0 Å². The molecule has 0 fully saturated rings. The van der Waals surface area contributed by atoms with Crippen LogP contribution in [0.1, 0.15) is 6.92 Å². The second-order valence-electron chi connectivity index (χ2n) is 3.46. The third kappa shape index (κ3) is 1.75. The van der Waals surface area contributed by atoms with Crippen LogP contribution in [-0.4, -0.2) is 37.5 Å². The van der Waals surface area contributed by atoms with Crippen molar-refractivity contribution in [3.63, 3.8) is 0 Å². The van der Waals surface area contributed by atoms with Gasteiger partial charge >= 0.3 is 0 Å². The normalized spacial score (nSPS) is 13.0. The molecular weight excluding hydrogens is 194 g/mol. The highest BCUT2D eigenvalue weighted by atomic mass is 16.3. The Morgan fingerprint density at radius 2 is 2.33 bits per heavy atom. The SMILES string of the molecule is CC(CO)Nc1ncnc2c1cnn2C. The van der Waals surface area contributed by atoms with Gasteiger partial charge in [0.25, 0.3) is 0 Å². The molecule has 0 saturated carbocycles. The van der Waals surface area contributed by atoms with E-state index in [0.29, 0.717) is 5.82 Å². The van der Waals surface area contributed by atoms with E-state index in [-0.39, 0.29) is 12.6 Å². The molecule has 2 aromatic rings. The topological polar surface area (TPSA) is 75.9 Å². The third-order valence-electron chi connectivity index (χ3n) is 2.19. The largest absolute Gasteiger partial charge is 0.394 e. The summed E-state index contributed by atoms with van der Waals surface area (Å²) in [5.41, 5.74) is 0.776. The van der Waals surface area contributed by atoms with Crippen LogP contribution < -0.4 is 5.32 Å². The van der Waals surface area contributed by atoms with Gasteiger partial charge in [-0.25, -0.2) is 9.97 Å². The number of aromatic nitrogens is 4. The van der Waals surface area contributed by atoms with E-state index in [1.165, 1.54) is 6.33 Å². The molecule has 0 aliphatic heterocycles. The van der Waals surface area contributed by atoms with Crippen LogP contribution in [0, 0.1) is 0 Å². The van der Waals surface area contributed by atoms with Gasteiger partial charge in [0.15, 0.2) is 5.65 Å². The van der Waals surface area contributed by atoms with E-state index in [0.717, 1.165) is 11.0 Å². The van der Waals surface area contributed by atoms with Gasteiger partial charge in [0.1, 0.15) is 12.1 Å². The Bertz CT molecular complexity index is 466. The van der Waals surface area contributed by atoms with E-state index in [2.05, 4.69) is 20.4 Å². The lowest BCUT2D eigenvalue weighted by Crippen LogP contribution is -2.20. The molecule has 6 heteroatoms. The average Bonchev–Trinajstić information content (AvgIpc) is 2.62. The number of rotatable bonds is 3. The van der Waals surface area contributed by atoms with Crippen molar-refractivity contribution in [1.82, 2.24) is 19.7 Å². The summed E-state index contributed by atoms with van der Waals surface area (Å²) in [4.78, 5) is 8.24. The Kier molecular flexibility index (Phi) is 2.51. The fraction of sp³-hybridized carbons (Fsp3) is 0.444. The van der Waals surface area contributed by atoms with E-state index in [1.54, 1.807) is 10.9 Å². The first-order valence-corrected chi connectivity index (χ1v) is 4.72. The summed E-state index contributed by atoms with van der Waals surface area (Å²) in [6.45, 7) is 1.94. The Hall–Kier alpha value is -1.69. The maximum atomic E-state index is 8.95. The molecule has 0 amide bonds. The Labute approximate surface area is 87.0 Å². The van der Waals surface area contributed by atoms with Crippen LogP contribution in [0.15, 0.2) is 12.5 Å². The van der Waals surface area contributed by atoms with Gasteiger partial charge in [-0.15, -0.1) is 0 Å². The Morgan fingerprint density at radius 3 is 3.07 bits per heavy atom. The summed E-state index contributed by atoms with van der Waals surface area (Å²) in [5, 5.41) is 17.0. The van der Waals surface area contributed by atoms with Crippen LogP contribution in [0.5, 0.6) is 0 Å². The minimum atomic E-state index is -0.0386. The van der Waals surface area contributed by atoms with Crippen LogP contribution >= 0.6 is 0 Å². The molecule has 0 aromatic carbocycles. The van der Waals surface area contributed by atoms with E-state index < -0.39 is 0 Å². The van der Waals surface area contributed by atoms with Crippen molar-refractivity contribution in [2.24, 2.45) is 7.05 Å². The molecule has 2 heterocycles. The number of hydrogen-bond acceptors (Lipinski definition) is 5. The molecule has 0 spiro atoms. The number of aliphatic hydroxyl groups excluding tert-OH is 1. The lowest BCUT2D eigenvalue weighted by Gasteiger charge is -2.11. The third-order valence-corrected chi connectivity index (χ3v) is 2.19. The predicted octanol–water partition coefficient (Wildman–Crippen LogP) is 0.156. The van der Waals surface area contributed by atoms with Crippen molar-refractivity contribution >= 4 is 16.9 Å². The summed E-state index contributed by atoms with van der Waals surface area (Å²) in [6.07, 6.45) is 3.19. The van der Waals surface area contributed by atoms with Gasteiger partial charge in [-0.3, -0.25) is 4.68 Å². The number of fused-ring (bicyclic) bond motifs is 1. The lowest BCUT2D eigenvalue weighted by molar-refractivity contribution is 0.281. The first kappa shape index (κ1) is 9.85. The number of nitrogens with zero attached hydrogens (tertiary/aromatic N) is 4. The summed E-state index contributed by atoms with van der Waals surface area (Å²) in [7, 11) is 1.83. The second kappa shape index (κ2) is 3.82. The van der Waals surface area contributed by atoms with Crippen molar-refractivity contribution < 1.29 is 5.11 Å². The number of hydrogen-bond donors (Lipinski definition) is 2. The van der Waals surface area contributed by atoms with E-state index in [1.807, 2.05) is 14.0 Å². The molecule has 0 bridgehead atoms. The van der Waals surface area contributed by atoms with Crippen molar-refractivity contribution in [2.75, 3.05) is 11.9 Å². The van der Waals surface area contributed by atoms with Gasteiger partial charge < -0.3 is 10.4 Å². The van der Waals surface area contributed by atoms with Crippen molar-refractivity contribution in [3.05, 3.63) is 12.5 Å². The van der Waals surface area contributed by atoms with Crippen LogP contribution in [0.4, 0.5) is 5.82 Å². The van der Waals surface area contributed by atoms with E-state index >= 15 is 0 Å². The molecule has 15 heavy (non-hydrogen) atoms. The minimum Gasteiger partial charge on any atom is -0.394 e. The van der Waals surface area contributed by atoms with Gasteiger partial charge in [0, 0.05) is 13.1 Å². The highest BCUT2D eigenvalue weighted by Gasteiger charge is 2.09. The lowest BCUT2D eigenvalue weighted by atomic mass is 10.3. The van der Waals surface area contributed by atoms with Gasteiger partial charge in [-0.2, -0.15) is 5.10 Å². The molecule has 6 nitrogen and oxygen atoms in total. The zero-order chi connectivity index (χ0) is 10.8. The molecule has 2 rings (SSSR count). The highest BCUT2D eigenvalue weighted by Crippen LogP contribution is 2.18. The van der Waals surface area contributed by atoms with Gasteiger partial charge in [-0.05, 0) is 6.92 Å². The molecule has 2 aromatic heterocycles. The fourth-order valence-corrected chi connectivity index (χ4v) is 1.36. The number of nitrogens with one attached hydrogen (secondary N) is 1. The first-order valence-electron chi connectivity index (χ1n) is 4.72. The molecular formula is C9H13N5O. The molecule has 0 aliphatic carbocycles. The highest BCUT2D eigenvalue weighted by molar-refractivity contribution is 5.86. The van der Waals surface area contributed by atoms with Crippen LogP contribution in [0.2, 0.25) is 0 Å².